The van der Waals surface area contributed by atoms with Crippen molar-refractivity contribution < 1.29 is 13.9 Å². The molecule has 0 spiro atoms. The van der Waals surface area contributed by atoms with Gasteiger partial charge >= 0.3 is 0 Å². The maximum Gasteiger partial charge on any atom is 0.220 e. The van der Waals surface area contributed by atoms with Gasteiger partial charge in [-0.05, 0) is 56.8 Å². The molecule has 0 fully saturated rings. The number of benzene rings is 2. The maximum atomic E-state index is 13.6. The number of ether oxygens (including phenoxy) is 1. The second-order valence-electron chi connectivity index (χ2n) is 6.38. The predicted octanol–water partition coefficient (Wildman–Crippen LogP) is 3.58. The number of carbonyl (C=O) groups excluding carboxylic acids is 1. The Balaban J connectivity index is 1.89. The van der Waals surface area contributed by atoms with E-state index in [9.17, 15) is 9.18 Å². The van der Waals surface area contributed by atoms with E-state index in [0.717, 1.165) is 11.3 Å². The molecule has 1 N–H and O–H groups in total. The van der Waals surface area contributed by atoms with Gasteiger partial charge < -0.3 is 15.0 Å². The Bertz CT molecular complexity index is 701. The minimum Gasteiger partial charge on any atom is -0.494 e. The van der Waals surface area contributed by atoms with Gasteiger partial charge in [0.1, 0.15) is 11.6 Å². The number of halogens is 1. The van der Waals surface area contributed by atoms with Crippen molar-refractivity contribution in [2.45, 2.75) is 25.8 Å². The number of nitrogens with one attached hydrogen (secondary N) is 1. The molecule has 0 aromatic heterocycles. The van der Waals surface area contributed by atoms with Crippen molar-refractivity contribution in [3.63, 3.8) is 0 Å². The Labute approximate surface area is 155 Å². The molecule has 2 aromatic carbocycles. The Kier molecular flexibility index (Phi) is 7.60. The number of likely N-dealkylation sites (N-methyl/N-ethyl adjacent to an activating group) is 1. The van der Waals surface area contributed by atoms with Gasteiger partial charge in [-0.2, -0.15) is 0 Å². The van der Waals surface area contributed by atoms with Crippen molar-refractivity contribution in [3.8, 4) is 5.75 Å². The largest absolute Gasteiger partial charge is 0.494 e. The van der Waals surface area contributed by atoms with Crippen molar-refractivity contribution in [2.75, 3.05) is 27.2 Å². The standard InChI is InChI=1S/C21H27FN2O2/c1-4-26-18-12-9-17(10-13-18)20(24(2)3)15-23-21(25)14-11-16-7-5-6-8-19(16)22/h5-10,12-13,20H,4,11,14-15H2,1-3H3,(H,23,25). The molecule has 0 saturated carbocycles. The third-order valence-corrected chi connectivity index (χ3v) is 4.27. The molecule has 1 unspecified atom stereocenters. The van der Waals surface area contributed by atoms with E-state index in [0.29, 0.717) is 25.1 Å². The highest BCUT2D eigenvalue weighted by molar-refractivity contribution is 5.76. The Morgan fingerprint density at radius 2 is 1.85 bits per heavy atom. The minimum atomic E-state index is -0.263. The van der Waals surface area contributed by atoms with Crippen molar-refractivity contribution in [1.82, 2.24) is 10.2 Å². The highest BCUT2D eigenvalue weighted by Gasteiger charge is 2.15. The smallest absolute Gasteiger partial charge is 0.220 e. The second-order valence-corrected chi connectivity index (χ2v) is 6.38. The van der Waals surface area contributed by atoms with E-state index < -0.39 is 0 Å². The lowest BCUT2D eigenvalue weighted by molar-refractivity contribution is -0.121. The first-order valence-electron chi connectivity index (χ1n) is 8.90. The van der Waals surface area contributed by atoms with Crippen LogP contribution in [-0.2, 0) is 11.2 Å². The van der Waals surface area contributed by atoms with Crippen LogP contribution in [0.15, 0.2) is 48.5 Å². The topological polar surface area (TPSA) is 41.6 Å². The van der Waals surface area contributed by atoms with Crippen LogP contribution in [0.2, 0.25) is 0 Å². The summed E-state index contributed by atoms with van der Waals surface area (Å²) in [6.07, 6.45) is 0.665. The molecule has 2 rings (SSSR count). The Morgan fingerprint density at radius 1 is 1.15 bits per heavy atom. The zero-order chi connectivity index (χ0) is 18.9. The van der Waals surface area contributed by atoms with Gasteiger partial charge in [0.25, 0.3) is 0 Å². The van der Waals surface area contributed by atoms with E-state index in [-0.39, 0.29) is 24.2 Å². The lowest BCUT2D eigenvalue weighted by Crippen LogP contribution is -2.34. The number of aryl methyl sites for hydroxylation is 1. The van der Waals surface area contributed by atoms with E-state index in [1.54, 1.807) is 18.2 Å². The fourth-order valence-corrected chi connectivity index (χ4v) is 2.80. The molecular formula is C21H27FN2O2. The fourth-order valence-electron chi connectivity index (χ4n) is 2.80. The van der Waals surface area contributed by atoms with Crippen LogP contribution in [0.25, 0.3) is 0 Å². The van der Waals surface area contributed by atoms with Crippen molar-refractivity contribution in [1.29, 1.82) is 0 Å². The van der Waals surface area contributed by atoms with Crippen molar-refractivity contribution >= 4 is 5.91 Å². The molecular weight excluding hydrogens is 331 g/mol. The summed E-state index contributed by atoms with van der Waals surface area (Å²) >= 11 is 0. The van der Waals surface area contributed by atoms with Gasteiger partial charge in [-0.15, -0.1) is 0 Å². The summed E-state index contributed by atoms with van der Waals surface area (Å²) < 4.78 is 19.1. The van der Waals surface area contributed by atoms with Gasteiger partial charge in [-0.1, -0.05) is 30.3 Å². The summed E-state index contributed by atoms with van der Waals surface area (Å²) in [4.78, 5) is 14.2. The summed E-state index contributed by atoms with van der Waals surface area (Å²) in [5.41, 5.74) is 1.67. The van der Waals surface area contributed by atoms with Crippen LogP contribution in [0.3, 0.4) is 0 Å². The van der Waals surface area contributed by atoms with Gasteiger partial charge in [-0.3, -0.25) is 4.79 Å². The lowest BCUT2D eigenvalue weighted by atomic mass is 10.1. The predicted molar refractivity (Wildman–Crippen MR) is 102 cm³/mol. The molecule has 2 aromatic rings. The molecule has 0 aliphatic rings. The van der Waals surface area contributed by atoms with Crippen LogP contribution in [0.4, 0.5) is 4.39 Å². The molecule has 0 bridgehead atoms. The van der Waals surface area contributed by atoms with E-state index in [2.05, 4.69) is 10.2 Å². The molecule has 4 nitrogen and oxygen atoms in total. The number of nitrogens with zero attached hydrogens (tertiary/aromatic N) is 1. The molecule has 26 heavy (non-hydrogen) atoms. The summed E-state index contributed by atoms with van der Waals surface area (Å²) in [5.74, 6) is 0.495. The van der Waals surface area contributed by atoms with Gasteiger partial charge in [0.05, 0.1) is 12.6 Å². The normalized spacial score (nSPS) is 12.0. The molecule has 0 aliphatic carbocycles. The van der Waals surface area contributed by atoms with Crippen LogP contribution in [-0.4, -0.2) is 38.1 Å². The molecule has 0 aliphatic heterocycles. The van der Waals surface area contributed by atoms with Gasteiger partial charge in [0.2, 0.25) is 5.91 Å². The van der Waals surface area contributed by atoms with Crippen molar-refractivity contribution in [2.24, 2.45) is 0 Å². The average molecular weight is 358 g/mol. The molecule has 1 atom stereocenters. The first kappa shape index (κ1) is 19.9. The van der Waals surface area contributed by atoms with Crippen LogP contribution in [0.5, 0.6) is 5.75 Å². The second kappa shape index (κ2) is 9.92. The average Bonchev–Trinajstić information content (AvgIpc) is 2.62. The number of hydrogen-bond acceptors (Lipinski definition) is 3. The first-order valence-corrected chi connectivity index (χ1v) is 8.90. The van der Waals surface area contributed by atoms with Crippen LogP contribution < -0.4 is 10.1 Å². The monoisotopic (exact) mass is 358 g/mol. The minimum absolute atomic E-state index is 0.0584. The van der Waals surface area contributed by atoms with Gasteiger partial charge in [-0.25, -0.2) is 4.39 Å². The summed E-state index contributed by atoms with van der Waals surface area (Å²) in [7, 11) is 3.96. The zero-order valence-corrected chi connectivity index (χ0v) is 15.7. The van der Waals surface area contributed by atoms with E-state index in [1.165, 1.54) is 6.07 Å². The SMILES string of the molecule is CCOc1ccc(C(CNC(=O)CCc2ccccc2F)N(C)C)cc1. The summed E-state index contributed by atoms with van der Waals surface area (Å²) in [6, 6.07) is 14.5. The van der Waals surface area contributed by atoms with Crippen LogP contribution >= 0.6 is 0 Å². The Hall–Kier alpha value is -2.40. The number of hydrogen-bond donors (Lipinski definition) is 1. The summed E-state index contributed by atoms with van der Waals surface area (Å²) in [5, 5.41) is 2.96. The Morgan fingerprint density at radius 3 is 2.46 bits per heavy atom. The van der Waals surface area contributed by atoms with Crippen LogP contribution in [0, 0.1) is 5.82 Å². The van der Waals surface area contributed by atoms with Crippen LogP contribution in [0.1, 0.15) is 30.5 Å². The molecule has 0 radical (unpaired) electrons. The molecule has 0 heterocycles. The fraction of sp³-hybridized carbons (Fsp3) is 0.381. The number of rotatable bonds is 9. The third-order valence-electron chi connectivity index (χ3n) is 4.27. The quantitative estimate of drug-likeness (QED) is 0.745. The molecule has 140 valence electrons. The summed E-state index contributed by atoms with van der Waals surface area (Å²) in [6.45, 7) is 3.08. The number of carbonyl (C=O) groups is 1. The molecule has 5 heteroatoms. The van der Waals surface area contributed by atoms with E-state index in [1.807, 2.05) is 45.3 Å². The first-order chi connectivity index (χ1) is 12.5. The van der Waals surface area contributed by atoms with Gasteiger partial charge in [0, 0.05) is 13.0 Å². The zero-order valence-electron chi connectivity index (χ0n) is 15.7. The molecule has 1 amide bonds. The highest BCUT2D eigenvalue weighted by atomic mass is 19.1. The highest BCUT2D eigenvalue weighted by Crippen LogP contribution is 2.21. The van der Waals surface area contributed by atoms with Gasteiger partial charge in [0.15, 0.2) is 0 Å². The van der Waals surface area contributed by atoms with E-state index in [4.69, 9.17) is 4.74 Å². The molecule has 0 saturated heterocycles. The lowest BCUT2D eigenvalue weighted by Gasteiger charge is -2.25. The van der Waals surface area contributed by atoms with E-state index >= 15 is 0 Å². The van der Waals surface area contributed by atoms with Crippen molar-refractivity contribution in [3.05, 3.63) is 65.5 Å². The maximum absolute atomic E-state index is 13.6. The third kappa shape index (κ3) is 5.85. The number of amides is 1.